The Hall–Kier alpha value is -2.37. The number of carbonyl (C=O) groups excluding carboxylic acids is 1. The Labute approximate surface area is 487 Å². The second kappa shape index (κ2) is 58.8. The van der Waals surface area contributed by atoms with Crippen LogP contribution in [0.5, 0.6) is 0 Å². The van der Waals surface area contributed by atoms with Crippen LogP contribution in [-0.4, -0.2) is 87.5 Å². The molecule has 79 heavy (non-hydrogen) atoms. The summed E-state index contributed by atoms with van der Waals surface area (Å²) < 4.78 is 11.3. The van der Waals surface area contributed by atoms with Crippen LogP contribution in [0.3, 0.4) is 0 Å². The summed E-state index contributed by atoms with van der Waals surface area (Å²) in [6.45, 7) is 3.69. The van der Waals surface area contributed by atoms with Gasteiger partial charge < -0.3 is 40.3 Å². The number of aliphatic hydroxyl groups is 5. The lowest BCUT2D eigenvalue weighted by Gasteiger charge is -2.40. The van der Waals surface area contributed by atoms with Crippen molar-refractivity contribution in [2.24, 2.45) is 0 Å². The van der Waals surface area contributed by atoms with E-state index in [1.807, 2.05) is 6.08 Å². The van der Waals surface area contributed by atoms with Crippen molar-refractivity contribution < 1.29 is 39.8 Å². The Bertz CT molecular complexity index is 1470. The highest BCUT2D eigenvalue weighted by Crippen LogP contribution is 2.23. The smallest absolute Gasteiger partial charge is 0.220 e. The molecular weight excluding hydrogens is 983 g/mol. The Morgan fingerprint density at radius 2 is 0.785 bits per heavy atom. The third kappa shape index (κ3) is 47.8. The predicted octanol–water partition coefficient (Wildman–Crippen LogP) is 18.0. The molecule has 7 atom stereocenters. The minimum absolute atomic E-state index is 0.173. The molecule has 0 radical (unpaired) electrons. The molecule has 0 aromatic heterocycles. The monoisotopic (exact) mass is 1110 g/mol. The van der Waals surface area contributed by atoms with Gasteiger partial charge in [-0.05, 0) is 64.2 Å². The summed E-state index contributed by atoms with van der Waals surface area (Å²) in [5.41, 5.74) is 0. The van der Waals surface area contributed by atoms with Crippen molar-refractivity contribution in [2.75, 3.05) is 13.2 Å². The molecule has 0 spiro atoms. The van der Waals surface area contributed by atoms with E-state index in [9.17, 15) is 30.3 Å². The zero-order valence-electron chi connectivity index (χ0n) is 51.4. The van der Waals surface area contributed by atoms with Gasteiger partial charge in [0.15, 0.2) is 6.29 Å². The molecule has 1 amide bonds. The minimum Gasteiger partial charge on any atom is -0.394 e. The van der Waals surface area contributed by atoms with Crippen LogP contribution in [0.1, 0.15) is 309 Å². The maximum Gasteiger partial charge on any atom is 0.220 e. The summed E-state index contributed by atoms with van der Waals surface area (Å²) in [6, 6.07) is -0.804. The Balaban J connectivity index is 2.03. The molecule has 0 aromatic carbocycles. The van der Waals surface area contributed by atoms with Crippen molar-refractivity contribution in [1.29, 1.82) is 0 Å². The Kier molecular flexibility index (Phi) is 55.6. The van der Waals surface area contributed by atoms with E-state index in [-0.39, 0.29) is 12.5 Å². The molecule has 0 aromatic rings. The Morgan fingerprint density at radius 3 is 1.16 bits per heavy atom. The summed E-state index contributed by atoms with van der Waals surface area (Å²) >= 11 is 0. The van der Waals surface area contributed by atoms with Crippen LogP contribution in [0.4, 0.5) is 0 Å². The number of carbonyl (C=O) groups is 1. The van der Waals surface area contributed by atoms with Crippen molar-refractivity contribution in [3.63, 3.8) is 0 Å². The van der Waals surface area contributed by atoms with Gasteiger partial charge in [-0.3, -0.25) is 4.79 Å². The average Bonchev–Trinajstić information content (AvgIpc) is 3.46. The van der Waals surface area contributed by atoms with Crippen LogP contribution in [0.25, 0.3) is 0 Å². The van der Waals surface area contributed by atoms with Gasteiger partial charge in [-0.25, -0.2) is 0 Å². The van der Waals surface area contributed by atoms with Crippen molar-refractivity contribution in [3.8, 4) is 0 Å². The molecule has 1 heterocycles. The lowest BCUT2D eigenvalue weighted by Crippen LogP contribution is -2.60. The van der Waals surface area contributed by atoms with E-state index in [0.717, 1.165) is 70.6 Å². The highest BCUT2D eigenvalue weighted by Gasteiger charge is 2.44. The highest BCUT2D eigenvalue weighted by molar-refractivity contribution is 5.76. The van der Waals surface area contributed by atoms with Gasteiger partial charge in [-0.15, -0.1) is 0 Å². The first-order valence-corrected chi connectivity index (χ1v) is 33.7. The third-order valence-electron chi connectivity index (χ3n) is 15.8. The molecule has 0 aliphatic carbocycles. The van der Waals surface area contributed by atoms with Crippen LogP contribution in [-0.2, 0) is 14.3 Å². The van der Waals surface area contributed by atoms with Crippen molar-refractivity contribution in [2.45, 2.75) is 352 Å². The molecule has 1 aliphatic heterocycles. The minimum atomic E-state index is -1.57. The lowest BCUT2D eigenvalue weighted by molar-refractivity contribution is -0.302. The van der Waals surface area contributed by atoms with E-state index >= 15 is 0 Å². The average molecular weight is 1110 g/mol. The van der Waals surface area contributed by atoms with Gasteiger partial charge >= 0.3 is 0 Å². The van der Waals surface area contributed by atoms with Crippen molar-refractivity contribution >= 4 is 5.91 Å². The Morgan fingerprint density at radius 1 is 0.443 bits per heavy atom. The fourth-order valence-corrected chi connectivity index (χ4v) is 10.5. The molecule has 1 aliphatic rings. The van der Waals surface area contributed by atoms with Gasteiger partial charge in [-0.1, -0.05) is 311 Å². The zero-order valence-corrected chi connectivity index (χ0v) is 51.4. The largest absolute Gasteiger partial charge is 0.394 e. The van der Waals surface area contributed by atoms with Crippen LogP contribution in [0, 0.1) is 0 Å². The molecule has 460 valence electrons. The number of rotatable bonds is 58. The maximum absolute atomic E-state index is 13.1. The maximum atomic E-state index is 13.1. The first-order valence-electron chi connectivity index (χ1n) is 33.7. The van der Waals surface area contributed by atoms with E-state index in [2.05, 4.69) is 79.9 Å². The van der Waals surface area contributed by atoms with E-state index in [1.54, 1.807) is 6.08 Å². The van der Waals surface area contributed by atoms with E-state index in [0.29, 0.717) is 6.42 Å². The fraction of sp³-hybridized carbons (Fsp3) is 0.814. The number of nitrogens with one attached hydrogen (secondary N) is 1. The number of hydrogen-bond donors (Lipinski definition) is 6. The molecule has 1 fully saturated rings. The molecule has 1 rings (SSSR count). The zero-order chi connectivity index (χ0) is 57.2. The van der Waals surface area contributed by atoms with Gasteiger partial charge in [0.2, 0.25) is 5.91 Å². The number of hydrogen-bond acceptors (Lipinski definition) is 8. The molecule has 9 nitrogen and oxygen atoms in total. The van der Waals surface area contributed by atoms with Gasteiger partial charge in [0.1, 0.15) is 24.4 Å². The second-order valence-corrected chi connectivity index (χ2v) is 23.2. The van der Waals surface area contributed by atoms with Crippen LogP contribution in [0.15, 0.2) is 72.9 Å². The van der Waals surface area contributed by atoms with E-state index in [4.69, 9.17) is 9.47 Å². The van der Waals surface area contributed by atoms with Crippen LogP contribution in [0.2, 0.25) is 0 Å². The number of ether oxygens (including phenoxy) is 2. The molecule has 7 unspecified atom stereocenters. The molecule has 0 bridgehead atoms. The summed E-state index contributed by atoms with van der Waals surface area (Å²) in [5, 5.41) is 54.6. The summed E-state index contributed by atoms with van der Waals surface area (Å²) in [6.07, 6.45) is 75.9. The first-order chi connectivity index (χ1) is 38.8. The first kappa shape index (κ1) is 74.6. The molecule has 1 saturated heterocycles. The molecular formula is C70H127NO8. The predicted molar refractivity (Wildman–Crippen MR) is 336 cm³/mol. The SMILES string of the molecule is CC/C=C\C/C=C\C/C=C\C/C=C\C/C=C\CCCCCCCCCCCCCCCCCCCCCCCCCCCC(=O)NC(COC1OC(CO)C(O)C(O)C1O)C(O)/C=C/CCCCCCCCCCCCCCC. The number of amides is 1. The lowest BCUT2D eigenvalue weighted by atomic mass is 9.99. The van der Waals surface area contributed by atoms with E-state index < -0.39 is 49.5 Å². The number of allylic oxidation sites excluding steroid dienone is 11. The molecule has 0 saturated carbocycles. The topological polar surface area (TPSA) is 149 Å². The van der Waals surface area contributed by atoms with Crippen LogP contribution < -0.4 is 5.32 Å². The number of aliphatic hydroxyl groups excluding tert-OH is 5. The number of unbranched alkanes of at least 4 members (excludes halogenated alkanes) is 38. The van der Waals surface area contributed by atoms with Gasteiger partial charge in [0.25, 0.3) is 0 Å². The molecule has 9 heteroatoms. The van der Waals surface area contributed by atoms with Crippen molar-refractivity contribution in [1.82, 2.24) is 5.32 Å². The fourth-order valence-electron chi connectivity index (χ4n) is 10.5. The van der Waals surface area contributed by atoms with Gasteiger partial charge in [0, 0.05) is 6.42 Å². The summed E-state index contributed by atoms with van der Waals surface area (Å²) in [5.74, 6) is -0.173. The normalized spacial score (nSPS) is 19.0. The van der Waals surface area contributed by atoms with Crippen LogP contribution >= 0.6 is 0 Å². The van der Waals surface area contributed by atoms with Gasteiger partial charge in [-0.2, -0.15) is 0 Å². The van der Waals surface area contributed by atoms with E-state index in [1.165, 1.54) is 218 Å². The highest BCUT2D eigenvalue weighted by atomic mass is 16.7. The summed E-state index contributed by atoms with van der Waals surface area (Å²) in [7, 11) is 0. The third-order valence-corrected chi connectivity index (χ3v) is 15.8. The second-order valence-electron chi connectivity index (χ2n) is 23.2. The molecule has 6 N–H and O–H groups in total. The van der Waals surface area contributed by atoms with Crippen molar-refractivity contribution in [3.05, 3.63) is 72.9 Å². The quantitative estimate of drug-likeness (QED) is 0.0261. The standard InChI is InChI=1S/C70H127NO8/c1-3-5-7-9-11-13-15-17-19-20-21-22-23-24-25-26-27-28-29-30-31-32-33-34-35-36-37-38-39-40-41-42-43-44-46-48-50-52-54-56-58-60-66(74)71-63(62-78-70-69(77)68(76)67(75)65(61-72)79-70)64(73)59-57-55-53-51-49-47-45-18-16-14-12-10-8-6-4-2/h5,7,11,13,17,19,21-22,24-25,57,59,63-65,67-70,72-73,75-77H,3-4,6,8-10,12,14-16,18,20,23,26-56,58,60-62H2,1-2H3,(H,71,74)/b7-5-,13-11-,19-17-,22-21-,25-24-,59-57+. The van der Waals surface area contributed by atoms with Gasteiger partial charge in [0.05, 0.1) is 25.4 Å². The summed E-state index contributed by atoms with van der Waals surface area (Å²) in [4.78, 5) is 13.1.